The Balaban J connectivity index is 1.43. The number of nitrogens with zero attached hydrogens (tertiary/aromatic N) is 5. The Morgan fingerprint density at radius 2 is 1.97 bits per heavy atom. The fourth-order valence-corrected chi connectivity index (χ4v) is 6.08. The molecule has 5 rings (SSSR count). The second kappa shape index (κ2) is 9.75. The van der Waals surface area contributed by atoms with Crippen LogP contribution in [0, 0.1) is 6.92 Å². The third-order valence-corrected chi connectivity index (χ3v) is 8.33. The summed E-state index contributed by atoms with van der Waals surface area (Å²) < 4.78 is 69.1. The Labute approximate surface area is 212 Å². The van der Waals surface area contributed by atoms with E-state index in [2.05, 4.69) is 15.4 Å². The van der Waals surface area contributed by atoms with Crippen LogP contribution in [0.15, 0.2) is 66.0 Å². The molecule has 0 amide bonds. The minimum atomic E-state index is -4.63. The molecular weight excluding hydrogens is 505 g/mol. The molecule has 1 unspecified atom stereocenters. The molecule has 12 heteroatoms. The van der Waals surface area contributed by atoms with Gasteiger partial charge >= 0.3 is 6.18 Å². The van der Waals surface area contributed by atoms with E-state index in [1.807, 2.05) is 25.1 Å². The number of hydrogen-bond acceptors (Lipinski definition) is 6. The van der Waals surface area contributed by atoms with Crippen LogP contribution >= 0.6 is 0 Å². The van der Waals surface area contributed by atoms with E-state index in [9.17, 15) is 21.6 Å². The van der Waals surface area contributed by atoms with E-state index < -0.39 is 21.8 Å². The summed E-state index contributed by atoms with van der Waals surface area (Å²) in [5.74, 6) is 0.474. The Hall–Kier alpha value is -3.51. The highest BCUT2D eigenvalue weighted by Gasteiger charge is 2.35. The first-order chi connectivity index (χ1) is 17.6. The standard InChI is InChI=1S/C25H25F3N6O2S/c1-17-13-31-34-23(30-15-18-5-3-9-29-14-18)12-22(32-24(17)34)19-6-4-10-33(16-19)37(35,36)21-8-2-7-20(11-21)25(26,27)28/h2-3,5,7-9,11-14,19,30H,4,6,10,15-16H2,1H3. The van der Waals surface area contributed by atoms with Crippen molar-refractivity contribution in [1.82, 2.24) is 23.9 Å². The van der Waals surface area contributed by atoms with Gasteiger partial charge in [-0.1, -0.05) is 12.1 Å². The normalized spacial score (nSPS) is 17.2. The lowest BCUT2D eigenvalue weighted by atomic mass is 9.96. The van der Waals surface area contributed by atoms with Gasteiger partial charge in [0.15, 0.2) is 5.65 Å². The molecule has 4 heterocycles. The molecule has 1 aliphatic rings. The molecule has 194 valence electrons. The van der Waals surface area contributed by atoms with E-state index in [1.54, 1.807) is 23.1 Å². The van der Waals surface area contributed by atoms with E-state index >= 15 is 0 Å². The average molecular weight is 531 g/mol. The number of halogens is 3. The number of rotatable bonds is 6. The molecule has 1 saturated heterocycles. The van der Waals surface area contributed by atoms with Gasteiger partial charge in [0.05, 0.1) is 22.3 Å². The first-order valence-corrected chi connectivity index (χ1v) is 13.2. The number of alkyl halides is 3. The Morgan fingerprint density at radius 1 is 1.14 bits per heavy atom. The fraction of sp³-hybridized carbons (Fsp3) is 0.320. The van der Waals surface area contributed by atoms with Gasteiger partial charge in [0.2, 0.25) is 10.0 Å². The van der Waals surface area contributed by atoms with Crippen LogP contribution < -0.4 is 5.32 Å². The molecule has 8 nitrogen and oxygen atoms in total. The zero-order chi connectivity index (χ0) is 26.2. The molecule has 1 atom stereocenters. The van der Waals surface area contributed by atoms with E-state index in [0.717, 1.165) is 23.3 Å². The number of aromatic nitrogens is 4. The van der Waals surface area contributed by atoms with Crippen LogP contribution in [0.2, 0.25) is 0 Å². The van der Waals surface area contributed by atoms with Crippen molar-refractivity contribution >= 4 is 21.5 Å². The maximum Gasteiger partial charge on any atom is 0.416 e. The van der Waals surface area contributed by atoms with Crippen molar-refractivity contribution in [2.75, 3.05) is 18.4 Å². The van der Waals surface area contributed by atoms with E-state index in [-0.39, 0.29) is 23.9 Å². The number of anilines is 1. The lowest BCUT2D eigenvalue weighted by molar-refractivity contribution is -0.137. The van der Waals surface area contributed by atoms with E-state index in [1.165, 1.54) is 10.4 Å². The maximum atomic E-state index is 13.3. The fourth-order valence-electron chi connectivity index (χ4n) is 4.51. The van der Waals surface area contributed by atoms with Crippen LogP contribution in [0.25, 0.3) is 5.65 Å². The smallest absolute Gasteiger partial charge is 0.366 e. The summed E-state index contributed by atoms with van der Waals surface area (Å²) in [6.45, 7) is 2.76. The van der Waals surface area contributed by atoms with Crippen molar-refractivity contribution in [1.29, 1.82) is 0 Å². The molecule has 37 heavy (non-hydrogen) atoms. The first kappa shape index (κ1) is 25.2. The van der Waals surface area contributed by atoms with Gasteiger partial charge in [-0.2, -0.15) is 27.1 Å². The van der Waals surface area contributed by atoms with Gasteiger partial charge in [-0.3, -0.25) is 4.98 Å². The van der Waals surface area contributed by atoms with Crippen molar-refractivity contribution < 1.29 is 21.6 Å². The van der Waals surface area contributed by atoms with Crippen LogP contribution in [-0.2, 0) is 22.7 Å². The summed E-state index contributed by atoms with van der Waals surface area (Å²) in [4.78, 5) is 8.55. The Kier molecular flexibility index (Phi) is 6.63. The summed E-state index contributed by atoms with van der Waals surface area (Å²) >= 11 is 0. The molecule has 1 fully saturated rings. The minimum absolute atomic E-state index is 0.122. The molecule has 0 radical (unpaired) electrons. The SMILES string of the molecule is Cc1cnn2c(NCc3cccnc3)cc(C3CCCN(S(=O)(=O)c4cccc(C(F)(F)F)c4)C3)nc12. The number of hydrogen-bond donors (Lipinski definition) is 1. The molecule has 0 saturated carbocycles. The van der Waals surface area contributed by atoms with Gasteiger partial charge in [0, 0.05) is 49.6 Å². The largest absolute Gasteiger partial charge is 0.416 e. The summed E-state index contributed by atoms with van der Waals surface area (Å²) in [6, 6.07) is 9.55. The third kappa shape index (κ3) is 5.16. The van der Waals surface area contributed by atoms with Crippen molar-refractivity contribution in [3.63, 3.8) is 0 Å². The lowest BCUT2D eigenvalue weighted by Crippen LogP contribution is -2.39. The van der Waals surface area contributed by atoms with Crippen LogP contribution in [0.5, 0.6) is 0 Å². The summed E-state index contributed by atoms with van der Waals surface area (Å²) in [5.41, 5.74) is 2.22. The monoisotopic (exact) mass is 530 g/mol. The second-order valence-corrected chi connectivity index (χ2v) is 11.0. The third-order valence-electron chi connectivity index (χ3n) is 6.47. The molecule has 0 spiro atoms. The molecule has 1 aromatic carbocycles. The molecular formula is C25H25F3N6O2S. The zero-order valence-electron chi connectivity index (χ0n) is 20.0. The lowest BCUT2D eigenvalue weighted by Gasteiger charge is -2.32. The molecule has 0 aliphatic carbocycles. The van der Waals surface area contributed by atoms with Crippen molar-refractivity contribution in [3.05, 3.63) is 83.4 Å². The number of nitrogens with one attached hydrogen (secondary N) is 1. The molecule has 4 aromatic rings. The van der Waals surface area contributed by atoms with Crippen molar-refractivity contribution in [3.8, 4) is 0 Å². The quantitative estimate of drug-likeness (QED) is 0.391. The highest BCUT2D eigenvalue weighted by atomic mass is 32.2. The van der Waals surface area contributed by atoms with Gasteiger partial charge in [-0.25, -0.2) is 13.4 Å². The number of fused-ring (bicyclic) bond motifs is 1. The molecule has 1 N–H and O–H groups in total. The van der Waals surface area contributed by atoms with Crippen LogP contribution in [0.4, 0.5) is 19.0 Å². The highest BCUT2D eigenvalue weighted by molar-refractivity contribution is 7.89. The number of aryl methyl sites for hydroxylation is 1. The van der Waals surface area contributed by atoms with Crippen LogP contribution in [0.1, 0.15) is 41.1 Å². The highest BCUT2D eigenvalue weighted by Crippen LogP contribution is 2.34. The summed E-state index contributed by atoms with van der Waals surface area (Å²) in [5, 5.41) is 7.78. The van der Waals surface area contributed by atoms with Gasteiger partial charge in [-0.05, 0) is 49.6 Å². The predicted molar refractivity (Wildman–Crippen MR) is 131 cm³/mol. The molecule has 0 bridgehead atoms. The van der Waals surface area contributed by atoms with Gasteiger partial charge < -0.3 is 5.32 Å². The molecule has 1 aliphatic heterocycles. The number of piperidine rings is 1. The van der Waals surface area contributed by atoms with E-state index in [4.69, 9.17) is 4.98 Å². The van der Waals surface area contributed by atoms with E-state index in [0.29, 0.717) is 42.6 Å². The van der Waals surface area contributed by atoms with Gasteiger partial charge in [0.1, 0.15) is 5.82 Å². The molecule has 3 aromatic heterocycles. The number of benzene rings is 1. The minimum Gasteiger partial charge on any atom is -0.366 e. The topological polar surface area (TPSA) is 92.5 Å². The van der Waals surface area contributed by atoms with Crippen molar-refractivity contribution in [2.45, 2.75) is 43.3 Å². The maximum absolute atomic E-state index is 13.3. The van der Waals surface area contributed by atoms with Crippen LogP contribution in [0.3, 0.4) is 0 Å². The zero-order valence-corrected chi connectivity index (χ0v) is 20.8. The summed E-state index contributed by atoms with van der Waals surface area (Å²) in [7, 11) is -4.12. The number of pyridine rings is 1. The van der Waals surface area contributed by atoms with Gasteiger partial charge in [0.25, 0.3) is 0 Å². The van der Waals surface area contributed by atoms with Gasteiger partial charge in [-0.15, -0.1) is 0 Å². The first-order valence-electron chi connectivity index (χ1n) is 11.8. The second-order valence-electron chi connectivity index (χ2n) is 9.07. The van der Waals surface area contributed by atoms with Crippen molar-refractivity contribution in [2.24, 2.45) is 0 Å². The Morgan fingerprint density at radius 3 is 2.73 bits per heavy atom. The Bertz CT molecular complexity index is 1520. The van der Waals surface area contributed by atoms with Crippen LogP contribution in [-0.4, -0.2) is 45.4 Å². The number of sulfonamides is 1. The average Bonchev–Trinajstić information content (AvgIpc) is 3.28. The predicted octanol–water partition coefficient (Wildman–Crippen LogP) is 4.63. The summed E-state index contributed by atoms with van der Waals surface area (Å²) in [6.07, 6.45) is 1.81.